The van der Waals surface area contributed by atoms with Gasteiger partial charge >= 0.3 is 0 Å². The van der Waals surface area contributed by atoms with Crippen molar-refractivity contribution in [2.75, 3.05) is 63.9 Å². The van der Waals surface area contributed by atoms with Crippen molar-refractivity contribution >= 4 is 21.6 Å². The first-order valence-corrected chi connectivity index (χ1v) is 8.66. The minimum atomic E-state index is 0.831. The maximum absolute atomic E-state index is 5.42. The van der Waals surface area contributed by atoms with Crippen molar-refractivity contribution in [1.29, 1.82) is 0 Å². The second-order valence-corrected chi connectivity index (χ2v) is 6.58. The molecule has 2 heterocycles. The molecule has 116 valence electrons. The summed E-state index contributed by atoms with van der Waals surface area (Å²) in [4.78, 5) is 4.94. The van der Waals surface area contributed by atoms with Crippen LogP contribution in [0, 0.1) is 0 Å². The molecular weight excluding hydrogens is 330 g/mol. The molecule has 2 saturated heterocycles. The van der Waals surface area contributed by atoms with E-state index in [4.69, 9.17) is 4.74 Å². The molecule has 0 aromatic heterocycles. The molecule has 1 aromatic rings. The highest BCUT2D eigenvalue weighted by molar-refractivity contribution is 9.10. The first-order chi connectivity index (χ1) is 10.3. The van der Waals surface area contributed by atoms with Gasteiger partial charge in [-0.3, -0.25) is 0 Å². The molecule has 4 nitrogen and oxygen atoms in total. The van der Waals surface area contributed by atoms with Gasteiger partial charge in [0.05, 0.1) is 18.9 Å². The summed E-state index contributed by atoms with van der Waals surface area (Å²) in [5.41, 5.74) is 2.71. The number of rotatable bonds is 4. The standard InChI is InChI=1S/C16H24BrN3O/c17-15-13-14(3-6-19-7-4-18-5-8-19)1-2-16(15)20-9-11-21-12-10-20/h1-2,13,18H,3-12H2. The first kappa shape index (κ1) is 15.3. The molecule has 21 heavy (non-hydrogen) atoms. The van der Waals surface area contributed by atoms with E-state index < -0.39 is 0 Å². The molecule has 2 fully saturated rings. The molecule has 0 radical (unpaired) electrons. The number of nitrogens with one attached hydrogen (secondary N) is 1. The van der Waals surface area contributed by atoms with E-state index in [9.17, 15) is 0 Å². The Morgan fingerprint density at radius 1 is 1.10 bits per heavy atom. The number of nitrogens with zero attached hydrogens (tertiary/aromatic N) is 2. The summed E-state index contributed by atoms with van der Waals surface area (Å²) < 4.78 is 6.63. The van der Waals surface area contributed by atoms with Crippen LogP contribution in [0.25, 0.3) is 0 Å². The Bertz CT molecular complexity index is 457. The average Bonchev–Trinajstić information content (AvgIpc) is 2.55. The van der Waals surface area contributed by atoms with Crippen molar-refractivity contribution in [2.24, 2.45) is 0 Å². The smallest absolute Gasteiger partial charge is 0.0642 e. The maximum Gasteiger partial charge on any atom is 0.0642 e. The topological polar surface area (TPSA) is 27.7 Å². The summed E-state index contributed by atoms with van der Waals surface area (Å²) in [5, 5.41) is 3.40. The molecule has 0 saturated carbocycles. The van der Waals surface area contributed by atoms with Crippen LogP contribution in [0.15, 0.2) is 22.7 Å². The number of hydrogen-bond donors (Lipinski definition) is 1. The third-order valence-electron chi connectivity index (χ3n) is 4.29. The Morgan fingerprint density at radius 3 is 2.57 bits per heavy atom. The van der Waals surface area contributed by atoms with Gasteiger partial charge in [0.1, 0.15) is 0 Å². The van der Waals surface area contributed by atoms with Crippen molar-refractivity contribution in [2.45, 2.75) is 6.42 Å². The molecule has 0 amide bonds. The molecule has 0 atom stereocenters. The zero-order valence-electron chi connectivity index (χ0n) is 12.5. The Labute approximate surface area is 135 Å². The van der Waals surface area contributed by atoms with Gasteiger partial charge in [-0.1, -0.05) is 6.07 Å². The molecule has 1 N–H and O–H groups in total. The van der Waals surface area contributed by atoms with Crippen molar-refractivity contribution in [3.63, 3.8) is 0 Å². The third-order valence-corrected chi connectivity index (χ3v) is 4.93. The minimum Gasteiger partial charge on any atom is -0.378 e. The number of halogens is 1. The lowest BCUT2D eigenvalue weighted by Gasteiger charge is -2.30. The molecule has 0 aliphatic carbocycles. The molecule has 0 bridgehead atoms. The number of piperazine rings is 1. The summed E-state index contributed by atoms with van der Waals surface area (Å²) in [7, 11) is 0. The van der Waals surface area contributed by atoms with Gasteiger partial charge in [0, 0.05) is 50.3 Å². The van der Waals surface area contributed by atoms with Crippen molar-refractivity contribution in [3.05, 3.63) is 28.2 Å². The second kappa shape index (κ2) is 7.58. The molecule has 2 aliphatic heterocycles. The van der Waals surface area contributed by atoms with Gasteiger partial charge < -0.3 is 19.9 Å². The quantitative estimate of drug-likeness (QED) is 0.892. The van der Waals surface area contributed by atoms with Gasteiger partial charge in [-0.15, -0.1) is 0 Å². The van der Waals surface area contributed by atoms with E-state index in [-0.39, 0.29) is 0 Å². The van der Waals surface area contributed by atoms with Gasteiger partial charge in [0.15, 0.2) is 0 Å². The van der Waals surface area contributed by atoms with Gasteiger partial charge in [-0.25, -0.2) is 0 Å². The van der Waals surface area contributed by atoms with Crippen LogP contribution < -0.4 is 10.2 Å². The van der Waals surface area contributed by atoms with Crippen LogP contribution in [0.1, 0.15) is 5.56 Å². The lowest BCUT2D eigenvalue weighted by atomic mass is 10.1. The van der Waals surface area contributed by atoms with Crippen molar-refractivity contribution in [1.82, 2.24) is 10.2 Å². The van der Waals surface area contributed by atoms with Crippen LogP contribution >= 0.6 is 15.9 Å². The Balaban J connectivity index is 1.58. The largest absolute Gasteiger partial charge is 0.378 e. The summed E-state index contributed by atoms with van der Waals surface area (Å²) in [5.74, 6) is 0. The van der Waals surface area contributed by atoms with Crippen LogP contribution in [0.2, 0.25) is 0 Å². The van der Waals surface area contributed by atoms with Crippen LogP contribution in [0.3, 0.4) is 0 Å². The monoisotopic (exact) mass is 353 g/mol. The predicted octanol–water partition coefficient (Wildman–Crippen LogP) is 1.73. The van der Waals surface area contributed by atoms with Gasteiger partial charge in [-0.2, -0.15) is 0 Å². The summed E-state index contributed by atoms with van der Waals surface area (Å²) in [6.07, 6.45) is 1.13. The van der Waals surface area contributed by atoms with Crippen LogP contribution in [0.5, 0.6) is 0 Å². The van der Waals surface area contributed by atoms with E-state index in [1.54, 1.807) is 0 Å². The minimum absolute atomic E-state index is 0.831. The Hall–Kier alpha value is -0.620. The highest BCUT2D eigenvalue weighted by Crippen LogP contribution is 2.28. The fourth-order valence-electron chi connectivity index (χ4n) is 2.99. The maximum atomic E-state index is 5.42. The first-order valence-electron chi connectivity index (χ1n) is 7.87. The summed E-state index contributed by atoms with van der Waals surface area (Å²) in [6.45, 7) is 9.39. The van der Waals surface area contributed by atoms with E-state index in [1.165, 1.54) is 28.8 Å². The van der Waals surface area contributed by atoms with E-state index in [0.717, 1.165) is 52.4 Å². The summed E-state index contributed by atoms with van der Waals surface area (Å²) in [6, 6.07) is 6.81. The van der Waals surface area contributed by atoms with Gasteiger partial charge in [0.2, 0.25) is 0 Å². The van der Waals surface area contributed by atoms with Crippen LogP contribution in [0.4, 0.5) is 5.69 Å². The van der Waals surface area contributed by atoms with E-state index in [2.05, 4.69) is 49.2 Å². The molecule has 3 rings (SSSR count). The average molecular weight is 354 g/mol. The fraction of sp³-hybridized carbons (Fsp3) is 0.625. The van der Waals surface area contributed by atoms with Crippen molar-refractivity contribution in [3.8, 4) is 0 Å². The number of morpholine rings is 1. The summed E-state index contributed by atoms with van der Waals surface area (Å²) >= 11 is 3.74. The number of hydrogen-bond acceptors (Lipinski definition) is 4. The van der Waals surface area contributed by atoms with Crippen LogP contribution in [-0.2, 0) is 11.2 Å². The number of anilines is 1. The zero-order chi connectivity index (χ0) is 14.5. The normalized spacial score (nSPS) is 20.7. The highest BCUT2D eigenvalue weighted by atomic mass is 79.9. The lowest BCUT2D eigenvalue weighted by Crippen LogP contribution is -2.44. The SMILES string of the molecule is Brc1cc(CCN2CCNCC2)ccc1N1CCOCC1. The second-order valence-electron chi connectivity index (χ2n) is 5.73. The Morgan fingerprint density at radius 2 is 1.86 bits per heavy atom. The highest BCUT2D eigenvalue weighted by Gasteiger charge is 2.14. The Kier molecular flexibility index (Phi) is 5.52. The molecule has 5 heteroatoms. The molecule has 1 aromatic carbocycles. The fourth-order valence-corrected chi connectivity index (χ4v) is 3.67. The molecule has 0 spiro atoms. The van der Waals surface area contributed by atoms with Gasteiger partial charge in [0.25, 0.3) is 0 Å². The zero-order valence-corrected chi connectivity index (χ0v) is 14.1. The molecular formula is C16H24BrN3O. The van der Waals surface area contributed by atoms with E-state index in [1.807, 2.05) is 0 Å². The van der Waals surface area contributed by atoms with E-state index >= 15 is 0 Å². The van der Waals surface area contributed by atoms with E-state index in [0.29, 0.717) is 0 Å². The predicted molar refractivity (Wildman–Crippen MR) is 90.2 cm³/mol. The van der Waals surface area contributed by atoms with Crippen molar-refractivity contribution < 1.29 is 4.74 Å². The van der Waals surface area contributed by atoms with Gasteiger partial charge in [-0.05, 0) is 40.0 Å². The lowest BCUT2D eigenvalue weighted by molar-refractivity contribution is 0.122. The van der Waals surface area contributed by atoms with Crippen LogP contribution in [-0.4, -0.2) is 63.9 Å². The molecule has 0 unspecified atom stereocenters. The number of ether oxygens (including phenoxy) is 1. The third kappa shape index (κ3) is 4.19. The number of benzene rings is 1. The molecule has 2 aliphatic rings.